The van der Waals surface area contributed by atoms with Crippen LogP contribution in [0.25, 0.3) is 0 Å². The molecule has 0 radical (unpaired) electrons. The Labute approximate surface area is 96.0 Å². The lowest BCUT2D eigenvalue weighted by molar-refractivity contribution is -0.122. The van der Waals surface area contributed by atoms with E-state index >= 15 is 0 Å². The molecule has 0 aliphatic heterocycles. The molecule has 1 amide bonds. The SMILES string of the molecule is CC(NC(=O)CC1CC1)c1ccccc1N. The lowest BCUT2D eigenvalue weighted by atomic mass is 10.1. The normalized spacial score (nSPS) is 16.8. The summed E-state index contributed by atoms with van der Waals surface area (Å²) in [5, 5.41) is 2.99. The molecule has 1 aromatic rings. The van der Waals surface area contributed by atoms with Gasteiger partial charge in [0.05, 0.1) is 6.04 Å². The molecule has 0 bridgehead atoms. The van der Waals surface area contributed by atoms with Crippen LogP contribution in [0.15, 0.2) is 24.3 Å². The molecule has 0 heterocycles. The van der Waals surface area contributed by atoms with Crippen LogP contribution in [0.5, 0.6) is 0 Å². The molecule has 1 aliphatic rings. The van der Waals surface area contributed by atoms with E-state index < -0.39 is 0 Å². The Hall–Kier alpha value is -1.51. The molecule has 1 aliphatic carbocycles. The molecule has 16 heavy (non-hydrogen) atoms. The summed E-state index contributed by atoms with van der Waals surface area (Å²) in [4.78, 5) is 11.6. The first-order valence-electron chi connectivity index (χ1n) is 5.80. The van der Waals surface area contributed by atoms with Crippen LogP contribution in [0.1, 0.15) is 37.8 Å². The first-order chi connectivity index (χ1) is 7.66. The van der Waals surface area contributed by atoms with Crippen molar-refractivity contribution in [3.8, 4) is 0 Å². The van der Waals surface area contributed by atoms with Gasteiger partial charge in [-0.25, -0.2) is 0 Å². The zero-order chi connectivity index (χ0) is 11.5. The standard InChI is InChI=1S/C13H18N2O/c1-9(11-4-2-3-5-12(11)14)15-13(16)8-10-6-7-10/h2-5,9-10H,6-8,14H2,1H3,(H,15,16). The number of nitrogen functional groups attached to an aromatic ring is 1. The minimum Gasteiger partial charge on any atom is -0.398 e. The first kappa shape index (κ1) is 11.0. The third kappa shape index (κ3) is 2.75. The van der Waals surface area contributed by atoms with Gasteiger partial charge in [-0.05, 0) is 37.3 Å². The average Bonchev–Trinajstić information content (AvgIpc) is 3.01. The molecule has 1 fully saturated rings. The van der Waals surface area contributed by atoms with Crippen molar-refractivity contribution in [2.45, 2.75) is 32.2 Å². The van der Waals surface area contributed by atoms with Crippen molar-refractivity contribution in [2.24, 2.45) is 5.92 Å². The van der Waals surface area contributed by atoms with Crippen molar-refractivity contribution in [3.63, 3.8) is 0 Å². The van der Waals surface area contributed by atoms with Gasteiger partial charge in [0.1, 0.15) is 0 Å². The van der Waals surface area contributed by atoms with Gasteiger partial charge in [-0.15, -0.1) is 0 Å². The second-order valence-corrected chi connectivity index (χ2v) is 4.57. The predicted molar refractivity (Wildman–Crippen MR) is 64.8 cm³/mol. The number of hydrogen-bond acceptors (Lipinski definition) is 2. The molecule has 1 atom stereocenters. The molecule has 1 saturated carbocycles. The fourth-order valence-corrected chi connectivity index (χ4v) is 1.87. The summed E-state index contributed by atoms with van der Waals surface area (Å²) < 4.78 is 0. The van der Waals surface area contributed by atoms with E-state index in [1.807, 2.05) is 31.2 Å². The number of anilines is 1. The van der Waals surface area contributed by atoms with Crippen molar-refractivity contribution in [1.29, 1.82) is 0 Å². The van der Waals surface area contributed by atoms with Gasteiger partial charge < -0.3 is 11.1 Å². The van der Waals surface area contributed by atoms with Crippen LogP contribution >= 0.6 is 0 Å². The van der Waals surface area contributed by atoms with Crippen LogP contribution in [-0.4, -0.2) is 5.91 Å². The number of para-hydroxylation sites is 1. The molecule has 3 nitrogen and oxygen atoms in total. The van der Waals surface area contributed by atoms with Gasteiger partial charge in [0, 0.05) is 12.1 Å². The van der Waals surface area contributed by atoms with E-state index in [1.165, 1.54) is 12.8 Å². The van der Waals surface area contributed by atoms with Crippen molar-refractivity contribution in [1.82, 2.24) is 5.32 Å². The summed E-state index contributed by atoms with van der Waals surface area (Å²) in [6, 6.07) is 7.65. The van der Waals surface area contributed by atoms with E-state index in [9.17, 15) is 4.79 Å². The second kappa shape index (κ2) is 4.56. The highest BCUT2D eigenvalue weighted by atomic mass is 16.1. The number of amides is 1. The Morgan fingerprint density at radius 2 is 2.19 bits per heavy atom. The number of carbonyl (C=O) groups excluding carboxylic acids is 1. The highest BCUT2D eigenvalue weighted by Crippen LogP contribution is 2.32. The lowest BCUT2D eigenvalue weighted by Gasteiger charge is -2.16. The van der Waals surface area contributed by atoms with Crippen LogP contribution in [-0.2, 0) is 4.79 Å². The number of nitrogens with two attached hydrogens (primary N) is 1. The van der Waals surface area contributed by atoms with Crippen LogP contribution in [0, 0.1) is 5.92 Å². The number of benzene rings is 1. The summed E-state index contributed by atoms with van der Waals surface area (Å²) in [7, 11) is 0. The minimum atomic E-state index is -0.00699. The smallest absolute Gasteiger partial charge is 0.220 e. The second-order valence-electron chi connectivity index (χ2n) is 4.57. The van der Waals surface area contributed by atoms with E-state index in [2.05, 4.69) is 5.32 Å². The van der Waals surface area contributed by atoms with Crippen molar-refractivity contribution in [3.05, 3.63) is 29.8 Å². The van der Waals surface area contributed by atoms with Gasteiger partial charge in [-0.2, -0.15) is 0 Å². The third-order valence-corrected chi connectivity index (χ3v) is 3.01. The third-order valence-electron chi connectivity index (χ3n) is 3.01. The van der Waals surface area contributed by atoms with Crippen molar-refractivity contribution < 1.29 is 4.79 Å². The molecule has 0 aromatic heterocycles. The summed E-state index contributed by atoms with van der Waals surface area (Å²) in [6.07, 6.45) is 3.07. The zero-order valence-corrected chi connectivity index (χ0v) is 9.57. The largest absolute Gasteiger partial charge is 0.398 e. The topological polar surface area (TPSA) is 55.1 Å². The van der Waals surface area contributed by atoms with E-state index in [-0.39, 0.29) is 11.9 Å². The fourth-order valence-electron chi connectivity index (χ4n) is 1.87. The van der Waals surface area contributed by atoms with E-state index in [4.69, 9.17) is 5.73 Å². The number of carbonyl (C=O) groups is 1. The lowest BCUT2D eigenvalue weighted by Crippen LogP contribution is -2.27. The fraction of sp³-hybridized carbons (Fsp3) is 0.462. The maximum atomic E-state index is 11.6. The van der Waals surface area contributed by atoms with Gasteiger partial charge in [-0.1, -0.05) is 18.2 Å². The van der Waals surface area contributed by atoms with Crippen LogP contribution in [0.4, 0.5) is 5.69 Å². The van der Waals surface area contributed by atoms with Gasteiger partial charge >= 0.3 is 0 Å². The quantitative estimate of drug-likeness (QED) is 0.761. The summed E-state index contributed by atoms with van der Waals surface area (Å²) >= 11 is 0. The molecule has 3 heteroatoms. The Balaban J connectivity index is 1.93. The highest BCUT2D eigenvalue weighted by Gasteiger charge is 2.25. The summed E-state index contributed by atoms with van der Waals surface area (Å²) in [5.74, 6) is 0.763. The maximum Gasteiger partial charge on any atom is 0.220 e. The Kier molecular flexibility index (Phi) is 3.13. The predicted octanol–water partition coefficient (Wildman–Crippen LogP) is 2.25. The van der Waals surface area contributed by atoms with E-state index in [0.717, 1.165) is 11.3 Å². The highest BCUT2D eigenvalue weighted by molar-refractivity contribution is 5.77. The Morgan fingerprint density at radius 1 is 1.50 bits per heavy atom. The van der Waals surface area contributed by atoms with Crippen molar-refractivity contribution >= 4 is 11.6 Å². The number of hydrogen-bond donors (Lipinski definition) is 2. The minimum absolute atomic E-state index is 0.00699. The van der Waals surface area contributed by atoms with E-state index in [0.29, 0.717) is 12.3 Å². The summed E-state index contributed by atoms with van der Waals surface area (Å²) in [5.41, 5.74) is 7.59. The molecule has 86 valence electrons. The molecular formula is C13H18N2O. The van der Waals surface area contributed by atoms with Gasteiger partial charge in [0.15, 0.2) is 0 Å². The Bertz CT molecular complexity index is 385. The molecule has 2 rings (SSSR count). The zero-order valence-electron chi connectivity index (χ0n) is 9.57. The molecule has 0 saturated heterocycles. The maximum absolute atomic E-state index is 11.6. The molecular weight excluding hydrogens is 200 g/mol. The molecule has 3 N–H and O–H groups in total. The average molecular weight is 218 g/mol. The molecule has 1 unspecified atom stereocenters. The van der Waals surface area contributed by atoms with Crippen LogP contribution < -0.4 is 11.1 Å². The Morgan fingerprint density at radius 3 is 2.81 bits per heavy atom. The number of nitrogens with one attached hydrogen (secondary N) is 1. The molecule has 0 spiro atoms. The summed E-state index contributed by atoms with van der Waals surface area (Å²) in [6.45, 7) is 1.97. The van der Waals surface area contributed by atoms with Crippen LogP contribution in [0.3, 0.4) is 0 Å². The monoisotopic (exact) mass is 218 g/mol. The number of rotatable bonds is 4. The first-order valence-corrected chi connectivity index (χ1v) is 5.80. The van der Waals surface area contributed by atoms with E-state index in [1.54, 1.807) is 0 Å². The van der Waals surface area contributed by atoms with Gasteiger partial charge in [0.25, 0.3) is 0 Å². The van der Waals surface area contributed by atoms with Gasteiger partial charge in [0.2, 0.25) is 5.91 Å². The van der Waals surface area contributed by atoms with Crippen molar-refractivity contribution in [2.75, 3.05) is 5.73 Å². The molecule has 1 aromatic carbocycles. The van der Waals surface area contributed by atoms with Gasteiger partial charge in [-0.3, -0.25) is 4.79 Å². The van der Waals surface area contributed by atoms with Crippen LogP contribution in [0.2, 0.25) is 0 Å².